The maximum atomic E-state index is 13.3. The Hall–Kier alpha value is -4.99. The minimum atomic E-state index is -0.956. The Labute approximate surface area is 332 Å². The number of aromatic nitrogens is 1. The van der Waals surface area contributed by atoms with Crippen LogP contribution in [0.3, 0.4) is 0 Å². The molecule has 2 atom stereocenters. The Morgan fingerprint density at radius 2 is 1.61 bits per heavy atom. The lowest BCUT2D eigenvalue weighted by molar-refractivity contribution is -0.136. The van der Waals surface area contributed by atoms with Gasteiger partial charge in [-0.15, -0.1) is 0 Å². The summed E-state index contributed by atoms with van der Waals surface area (Å²) in [6, 6.07) is 15.6. The Morgan fingerprint density at radius 1 is 0.875 bits per heavy atom. The monoisotopic (exact) mass is 774 g/mol. The highest BCUT2D eigenvalue weighted by molar-refractivity contribution is 6.33. The third-order valence-electron chi connectivity index (χ3n) is 13.5. The molecule has 290 valence electrons. The molecular formula is C43H47ClN8O4. The molecule has 0 aliphatic carbocycles. The number of nitrogens with one attached hydrogen (secondary N) is 1. The minimum Gasteiger partial charge on any atom is -0.370 e. The first-order valence-corrected chi connectivity index (χ1v) is 20.4. The minimum absolute atomic E-state index is 0.104. The van der Waals surface area contributed by atoms with Gasteiger partial charge in [0.25, 0.3) is 11.8 Å². The first-order valence-electron chi connectivity index (χ1n) is 20.1. The van der Waals surface area contributed by atoms with E-state index in [1.807, 2.05) is 24.3 Å². The average molecular weight is 775 g/mol. The fraction of sp³-hybridized carbons (Fsp3) is 0.488. The summed E-state index contributed by atoms with van der Waals surface area (Å²) in [6.07, 6.45) is 9.10. The second-order valence-corrected chi connectivity index (χ2v) is 17.2. The molecule has 5 fully saturated rings. The molecule has 3 aromatic rings. The highest BCUT2D eigenvalue weighted by atomic mass is 35.5. The second-order valence-electron chi connectivity index (χ2n) is 16.8. The Bertz CT molecular complexity index is 2110. The second kappa shape index (κ2) is 14.5. The predicted octanol–water partition coefficient (Wildman–Crippen LogP) is 5.72. The van der Waals surface area contributed by atoms with Gasteiger partial charge in [0, 0.05) is 73.3 Å². The molecule has 1 aromatic heterocycles. The van der Waals surface area contributed by atoms with Crippen LogP contribution >= 0.6 is 11.6 Å². The summed E-state index contributed by atoms with van der Waals surface area (Å²) >= 11 is 6.39. The molecule has 12 nitrogen and oxygen atoms in total. The van der Waals surface area contributed by atoms with Crippen molar-refractivity contribution in [2.45, 2.75) is 76.4 Å². The van der Waals surface area contributed by atoms with Crippen molar-refractivity contribution in [1.29, 1.82) is 0 Å². The van der Waals surface area contributed by atoms with Crippen molar-refractivity contribution >= 4 is 58.0 Å². The van der Waals surface area contributed by atoms with Gasteiger partial charge in [0.05, 0.1) is 29.6 Å². The van der Waals surface area contributed by atoms with E-state index >= 15 is 0 Å². The van der Waals surface area contributed by atoms with Gasteiger partial charge in [0.2, 0.25) is 17.5 Å². The Kier molecular flexibility index (Phi) is 9.49. The van der Waals surface area contributed by atoms with Gasteiger partial charge in [-0.3, -0.25) is 39.3 Å². The van der Waals surface area contributed by atoms with Gasteiger partial charge in [-0.05, 0) is 119 Å². The van der Waals surface area contributed by atoms with E-state index in [1.54, 1.807) is 12.1 Å². The highest BCUT2D eigenvalue weighted by Gasteiger charge is 2.46. The normalized spacial score (nSPS) is 24.4. The van der Waals surface area contributed by atoms with E-state index in [0.717, 1.165) is 94.2 Å². The molecule has 0 saturated carbocycles. The van der Waals surface area contributed by atoms with Crippen LogP contribution in [0.4, 0.5) is 22.7 Å². The molecule has 5 saturated heterocycles. The molecule has 0 radical (unpaired) electrons. The van der Waals surface area contributed by atoms with Crippen LogP contribution < -0.4 is 20.0 Å². The van der Waals surface area contributed by atoms with Crippen LogP contribution in [-0.2, 0) is 16.0 Å². The zero-order chi connectivity index (χ0) is 38.7. The van der Waals surface area contributed by atoms with Gasteiger partial charge in [0.1, 0.15) is 6.04 Å². The molecule has 1 unspecified atom stereocenters. The first kappa shape index (κ1) is 36.6. The number of imide groups is 2. The van der Waals surface area contributed by atoms with Crippen molar-refractivity contribution in [3.05, 3.63) is 88.0 Å². The van der Waals surface area contributed by atoms with E-state index in [0.29, 0.717) is 45.3 Å². The van der Waals surface area contributed by atoms with Crippen molar-refractivity contribution in [3.8, 4) is 0 Å². The third-order valence-corrected chi connectivity index (χ3v) is 13.8. The zero-order valence-corrected chi connectivity index (χ0v) is 32.5. The van der Waals surface area contributed by atoms with Gasteiger partial charge in [-0.2, -0.15) is 0 Å². The number of fused-ring (bicyclic) bond motifs is 1. The largest absolute Gasteiger partial charge is 0.370 e. The summed E-state index contributed by atoms with van der Waals surface area (Å²) in [5, 5.41) is 2.78. The first-order chi connectivity index (χ1) is 27.1. The summed E-state index contributed by atoms with van der Waals surface area (Å²) in [4.78, 5) is 69.7. The van der Waals surface area contributed by atoms with Gasteiger partial charge < -0.3 is 14.7 Å². The Morgan fingerprint density at radius 3 is 2.30 bits per heavy atom. The molecule has 9 rings (SSSR count). The summed E-state index contributed by atoms with van der Waals surface area (Å²) in [5.41, 5.74) is 5.85. The molecule has 56 heavy (non-hydrogen) atoms. The number of amides is 4. The molecule has 6 aliphatic rings. The molecule has 7 heterocycles. The van der Waals surface area contributed by atoms with Crippen molar-refractivity contribution in [3.63, 3.8) is 0 Å². The molecule has 1 spiro atoms. The quantitative estimate of drug-likeness (QED) is 0.238. The Balaban J connectivity index is 0.725. The number of nitrogens with zero attached hydrogens (tertiary/aromatic N) is 7. The van der Waals surface area contributed by atoms with Gasteiger partial charge in [-0.1, -0.05) is 17.7 Å². The number of rotatable bonds is 7. The number of hydrogen-bond acceptors (Lipinski definition) is 9. The molecule has 2 aromatic carbocycles. The summed E-state index contributed by atoms with van der Waals surface area (Å²) in [6.45, 7) is 16.6. The van der Waals surface area contributed by atoms with E-state index in [2.05, 4.69) is 55.0 Å². The fourth-order valence-corrected chi connectivity index (χ4v) is 10.3. The van der Waals surface area contributed by atoms with Gasteiger partial charge in [0.15, 0.2) is 0 Å². The van der Waals surface area contributed by atoms with E-state index in [1.165, 1.54) is 17.8 Å². The number of carbonyl (C=O) groups is 4. The molecule has 4 amide bonds. The van der Waals surface area contributed by atoms with Gasteiger partial charge in [-0.25, -0.2) is 4.85 Å². The number of pyridine rings is 1. The zero-order valence-electron chi connectivity index (χ0n) is 31.8. The van der Waals surface area contributed by atoms with E-state index in [-0.39, 0.29) is 18.7 Å². The van der Waals surface area contributed by atoms with E-state index < -0.39 is 23.8 Å². The van der Waals surface area contributed by atoms with Crippen LogP contribution in [-0.4, -0.2) is 102 Å². The summed E-state index contributed by atoms with van der Waals surface area (Å²) in [5.74, 6) is -1.30. The number of hydrogen-bond donors (Lipinski definition) is 1. The van der Waals surface area contributed by atoms with Crippen LogP contribution in [0, 0.1) is 17.9 Å². The maximum absolute atomic E-state index is 13.3. The number of piperidine rings is 3. The van der Waals surface area contributed by atoms with Crippen molar-refractivity contribution in [2.24, 2.45) is 11.3 Å². The average Bonchev–Trinajstić information content (AvgIpc) is 3.63. The lowest BCUT2D eigenvalue weighted by Gasteiger charge is -2.48. The van der Waals surface area contributed by atoms with E-state index in [9.17, 15) is 19.2 Å². The summed E-state index contributed by atoms with van der Waals surface area (Å²) in [7, 11) is 0. The number of carbonyl (C=O) groups excluding carboxylic acids is 4. The molecule has 6 aliphatic heterocycles. The van der Waals surface area contributed by atoms with Crippen LogP contribution in [0.1, 0.15) is 78.3 Å². The number of benzene rings is 2. The van der Waals surface area contributed by atoms with Crippen LogP contribution in [0.15, 0.2) is 54.7 Å². The third kappa shape index (κ3) is 6.68. The lowest BCUT2D eigenvalue weighted by atomic mass is 9.76. The predicted molar refractivity (Wildman–Crippen MR) is 214 cm³/mol. The smallest absolute Gasteiger partial charge is 0.262 e. The van der Waals surface area contributed by atoms with Crippen LogP contribution in [0.25, 0.3) is 4.85 Å². The van der Waals surface area contributed by atoms with Crippen molar-refractivity contribution in [2.75, 3.05) is 60.5 Å². The fourth-order valence-electron chi connectivity index (χ4n) is 10.1. The summed E-state index contributed by atoms with van der Waals surface area (Å²) < 4.78 is 0. The van der Waals surface area contributed by atoms with Crippen molar-refractivity contribution in [1.82, 2.24) is 20.1 Å². The topological polar surface area (TPSA) is 114 Å². The number of likely N-dealkylation sites (tertiary alicyclic amines) is 1. The standard InChI is InChI=1S/C43H47ClN8O4/c1-27-22-43(26-51(27)31-6-8-37(45-2)36(44)21-31)13-17-49(18-14-43)32-4-3-29(46-23-32)19-28-11-15-48(16-12-28)33-24-50(25-33)30-5-7-34-35(20-30)42(56)52(41(34)55)38-9-10-39(53)47-40(38)54/h3-8,20-21,23,27-28,33,38H,9-19,22,24-26H2,1H3,(H,47,53,54)/t27-,38?/m0/s1. The van der Waals surface area contributed by atoms with Crippen LogP contribution in [0.2, 0.25) is 5.02 Å². The number of halogens is 1. The molecule has 13 heteroatoms. The SMILES string of the molecule is [C-]#[N+]c1ccc(N2CC3(CCN(c4ccc(CC5CCN(C6CN(c7ccc8c(c7)C(=O)N(C7CCC(=O)NC7=O)C8=O)C6)CC5)nc4)CC3)C[C@@H]2C)cc1Cl. The molecule has 1 N–H and O–H groups in total. The van der Waals surface area contributed by atoms with E-state index in [4.69, 9.17) is 23.2 Å². The van der Waals surface area contributed by atoms with Crippen LogP contribution in [0.5, 0.6) is 0 Å². The maximum Gasteiger partial charge on any atom is 0.262 e. The van der Waals surface area contributed by atoms with Crippen molar-refractivity contribution < 1.29 is 19.2 Å². The highest BCUT2D eigenvalue weighted by Crippen LogP contribution is 2.46. The lowest BCUT2D eigenvalue weighted by Crippen LogP contribution is -2.61. The molecular weight excluding hydrogens is 728 g/mol. The van der Waals surface area contributed by atoms with Gasteiger partial charge >= 0.3 is 0 Å². The number of anilines is 3. The molecule has 0 bridgehead atoms.